The molecular weight excluding hydrogens is 366 g/mol. The molecule has 0 bridgehead atoms. The number of carbonyl (C=O) groups is 1. The van der Waals surface area contributed by atoms with Crippen molar-refractivity contribution in [3.8, 4) is 5.75 Å². The van der Waals surface area contributed by atoms with Crippen LogP contribution in [0.3, 0.4) is 0 Å². The first-order chi connectivity index (χ1) is 12.0. The van der Waals surface area contributed by atoms with E-state index in [1.807, 2.05) is 25.1 Å². The van der Waals surface area contributed by atoms with Crippen LogP contribution in [0.4, 0.5) is 10.8 Å². The lowest BCUT2D eigenvalue weighted by molar-refractivity contribution is -0.384. The number of ether oxygens (including phenoxy) is 1. The summed E-state index contributed by atoms with van der Waals surface area (Å²) in [5.74, 6) is 0.291. The minimum Gasteiger partial charge on any atom is -0.494 e. The molecule has 0 aliphatic carbocycles. The summed E-state index contributed by atoms with van der Waals surface area (Å²) >= 11 is 7.14. The summed E-state index contributed by atoms with van der Waals surface area (Å²) in [6, 6.07) is 9.29. The smallest absolute Gasteiger partial charge is 0.287 e. The van der Waals surface area contributed by atoms with Crippen LogP contribution >= 0.6 is 22.9 Å². The fourth-order valence-electron chi connectivity index (χ4n) is 2.18. The van der Waals surface area contributed by atoms with Gasteiger partial charge in [-0.05, 0) is 37.3 Å². The highest BCUT2D eigenvalue weighted by Crippen LogP contribution is 2.30. The number of thiazole rings is 1. The van der Waals surface area contributed by atoms with Crippen molar-refractivity contribution in [3.05, 3.63) is 57.1 Å². The van der Waals surface area contributed by atoms with Crippen molar-refractivity contribution in [3.63, 3.8) is 0 Å². The van der Waals surface area contributed by atoms with E-state index in [2.05, 4.69) is 10.3 Å². The van der Waals surface area contributed by atoms with Crippen LogP contribution in [0.5, 0.6) is 5.75 Å². The maximum atomic E-state index is 12.3. The predicted molar refractivity (Wildman–Crippen MR) is 96.8 cm³/mol. The fourth-order valence-corrected chi connectivity index (χ4v) is 3.32. The van der Waals surface area contributed by atoms with E-state index in [1.54, 1.807) is 0 Å². The fraction of sp³-hybridized carbons (Fsp3) is 0.125. The highest BCUT2D eigenvalue weighted by molar-refractivity contribution is 7.22. The van der Waals surface area contributed by atoms with Crippen LogP contribution < -0.4 is 10.1 Å². The maximum absolute atomic E-state index is 12.3. The highest BCUT2D eigenvalue weighted by atomic mass is 35.5. The Hall–Kier alpha value is -2.71. The van der Waals surface area contributed by atoms with Crippen molar-refractivity contribution in [1.29, 1.82) is 0 Å². The molecule has 1 amide bonds. The minimum atomic E-state index is -0.604. The zero-order valence-electron chi connectivity index (χ0n) is 13.0. The van der Waals surface area contributed by atoms with Crippen LogP contribution in [-0.2, 0) is 0 Å². The molecule has 0 unspecified atom stereocenters. The average molecular weight is 378 g/mol. The van der Waals surface area contributed by atoms with E-state index in [9.17, 15) is 14.9 Å². The van der Waals surface area contributed by atoms with E-state index in [-0.39, 0.29) is 16.3 Å². The Morgan fingerprint density at radius 3 is 2.84 bits per heavy atom. The van der Waals surface area contributed by atoms with Gasteiger partial charge < -0.3 is 4.74 Å². The first-order valence-corrected chi connectivity index (χ1v) is 8.46. The van der Waals surface area contributed by atoms with Crippen molar-refractivity contribution in [2.45, 2.75) is 6.92 Å². The summed E-state index contributed by atoms with van der Waals surface area (Å²) in [5, 5.41) is 13.8. The Balaban J connectivity index is 1.82. The van der Waals surface area contributed by atoms with Gasteiger partial charge in [0.05, 0.1) is 21.7 Å². The molecule has 2 aromatic carbocycles. The highest BCUT2D eigenvalue weighted by Gasteiger charge is 2.16. The molecule has 1 aromatic heterocycles. The number of nitro groups is 1. The number of anilines is 1. The van der Waals surface area contributed by atoms with E-state index < -0.39 is 10.8 Å². The number of fused-ring (bicyclic) bond motifs is 1. The molecule has 25 heavy (non-hydrogen) atoms. The molecule has 0 aliphatic heterocycles. The van der Waals surface area contributed by atoms with Gasteiger partial charge in [-0.2, -0.15) is 0 Å². The van der Waals surface area contributed by atoms with Crippen LogP contribution in [0.2, 0.25) is 5.02 Å². The van der Waals surface area contributed by atoms with Crippen LogP contribution in [0.25, 0.3) is 10.2 Å². The van der Waals surface area contributed by atoms with Crippen LogP contribution in [0.1, 0.15) is 17.3 Å². The third-order valence-electron chi connectivity index (χ3n) is 3.30. The van der Waals surface area contributed by atoms with Crippen molar-refractivity contribution in [1.82, 2.24) is 4.98 Å². The molecule has 0 fully saturated rings. The monoisotopic (exact) mass is 377 g/mol. The van der Waals surface area contributed by atoms with Gasteiger partial charge in [0.15, 0.2) is 5.13 Å². The van der Waals surface area contributed by atoms with Crippen molar-refractivity contribution < 1.29 is 14.5 Å². The lowest BCUT2D eigenvalue weighted by Crippen LogP contribution is -2.11. The van der Waals surface area contributed by atoms with E-state index in [1.165, 1.54) is 29.5 Å². The van der Waals surface area contributed by atoms with E-state index in [0.717, 1.165) is 16.0 Å². The molecule has 3 rings (SSSR count). The van der Waals surface area contributed by atoms with E-state index >= 15 is 0 Å². The zero-order chi connectivity index (χ0) is 18.0. The largest absolute Gasteiger partial charge is 0.494 e. The molecule has 7 nitrogen and oxygen atoms in total. The van der Waals surface area contributed by atoms with Gasteiger partial charge in [0.1, 0.15) is 10.8 Å². The number of rotatable bonds is 5. The number of halogens is 1. The van der Waals surface area contributed by atoms with Gasteiger partial charge in [-0.3, -0.25) is 20.2 Å². The van der Waals surface area contributed by atoms with Gasteiger partial charge in [-0.25, -0.2) is 4.98 Å². The van der Waals surface area contributed by atoms with Gasteiger partial charge >= 0.3 is 0 Å². The van der Waals surface area contributed by atoms with Crippen molar-refractivity contribution >= 4 is 49.9 Å². The lowest BCUT2D eigenvalue weighted by atomic mass is 10.2. The molecule has 0 spiro atoms. The molecule has 0 aliphatic rings. The number of hydrogen-bond acceptors (Lipinski definition) is 6. The second kappa shape index (κ2) is 7.04. The molecule has 0 saturated carbocycles. The number of nitrogens with zero attached hydrogens (tertiary/aromatic N) is 2. The Labute approximate surface area is 151 Å². The second-order valence-electron chi connectivity index (χ2n) is 4.96. The molecule has 0 radical (unpaired) electrons. The van der Waals surface area contributed by atoms with Crippen LogP contribution in [0.15, 0.2) is 36.4 Å². The second-order valence-corrected chi connectivity index (χ2v) is 6.40. The molecule has 9 heteroatoms. The predicted octanol–water partition coefficient (Wildman–Crippen LogP) is 4.51. The molecule has 1 heterocycles. The first-order valence-electron chi connectivity index (χ1n) is 7.26. The molecule has 0 atom stereocenters. The summed E-state index contributed by atoms with van der Waals surface area (Å²) in [5.41, 5.74) is 0.706. The summed E-state index contributed by atoms with van der Waals surface area (Å²) < 4.78 is 6.32. The van der Waals surface area contributed by atoms with Gasteiger partial charge in [0.2, 0.25) is 0 Å². The summed E-state index contributed by atoms with van der Waals surface area (Å²) in [7, 11) is 0. The molecule has 128 valence electrons. The Morgan fingerprint density at radius 1 is 1.36 bits per heavy atom. The molecule has 0 saturated heterocycles. The number of hydrogen-bond donors (Lipinski definition) is 1. The number of nitrogens with one attached hydrogen (secondary N) is 1. The standard InChI is InChI=1S/C16H12ClN3O4S/c1-2-24-10-4-5-12-14(8-10)25-16(18-12)19-15(21)9-3-6-13(20(22)23)11(17)7-9/h3-8H,2H2,1H3,(H,18,19,21). The summed E-state index contributed by atoms with van der Waals surface area (Å²) in [6.07, 6.45) is 0. The van der Waals surface area contributed by atoms with Gasteiger partial charge in [-0.1, -0.05) is 22.9 Å². The Kier molecular flexibility index (Phi) is 4.82. The number of carbonyl (C=O) groups excluding carboxylic acids is 1. The minimum absolute atomic E-state index is 0.0942. The van der Waals surface area contributed by atoms with Gasteiger partial charge in [-0.15, -0.1) is 0 Å². The number of aromatic nitrogens is 1. The molecule has 3 aromatic rings. The van der Waals surface area contributed by atoms with Crippen molar-refractivity contribution in [2.24, 2.45) is 0 Å². The average Bonchev–Trinajstić information content (AvgIpc) is 2.96. The topological polar surface area (TPSA) is 94.4 Å². The maximum Gasteiger partial charge on any atom is 0.287 e. The van der Waals surface area contributed by atoms with E-state index in [4.69, 9.17) is 16.3 Å². The third kappa shape index (κ3) is 3.70. The number of amides is 1. The molecular formula is C16H12ClN3O4S. The summed E-state index contributed by atoms with van der Waals surface area (Å²) in [4.78, 5) is 26.8. The Morgan fingerprint density at radius 2 is 2.16 bits per heavy atom. The molecule has 1 N–H and O–H groups in total. The van der Waals surface area contributed by atoms with Gasteiger partial charge in [0, 0.05) is 11.6 Å². The quantitative estimate of drug-likeness (QED) is 0.521. The number of benzene rings is 2. The van der Waals surface area contributed by atoms with Crippen LogP contribution in [-0.4, -0.2) is 22.4 Å². The summed E-state index contributed by atoms with van der Waals surface area (Å²) in [6.45, 7) is 2.46. The van der Waals surface area contributed by atoms with Crippen LogP contribution in [0, 0.1) is 10.1 Å². The third-order valence-corrected chi connectivity index (χ3v) is 4.53. The Bertz CT molecular complexity index is 973. The van der Waals surface area contributed by atoms with Gasteiger partial charge in [0.25, 0.3) is 11.6 Å². The normalized spacial score (nSPS) is 10.6. The van der Waals surface area contributed by atoms with Crippen molar-refractivity contribution in [2.75, 3.05) is 11.9 Å². The first kappa shape index (κ1) is 17.1. The van der Waals surface area contributed by atoms with E-state index in [0.29, 0.717) is 11.7 Å². The SMILES string of the molecule is CCOc1ccc2nc(NC(=O)c3ccc([N+](=O)[O-])c(Cl)c3)sc2c1. The zero-order valence-corrected chi connectivity index (χ0v) is 14.6. The lowest BCUT2D eigenvalue weighted by Gasteiger charge is -2.02. The number of nitro benzene ring substituents is 1.